The second-order valence-corrected chi connectivity index (χ2v) is 5.96. The summed E-state index contributed by atoms with van der Waals surface area (Å²) in [6.07, 6.45) is 1.80. The summed E-state index contributed by atoms with van der Waals surface area (Å²) in [7, 11) is 6.33. The maximum atomic E-state index is 11.3. The lowest BCUT2D eigenvalue weighted by Gasteiger charge is -2.23. The van der Waals surface area contributed by atoms with Gasteiger partial charge in [-0.25, -0.2) is 0 Å². The molecule has 0 N–H and O–H groups in total. The minimum atomic E-state index is -0.403. The van der Waals surface area contributed by atoms with Crippen LogP contribution in [0.15, 0.2) is 0 Å². The second kappa shape index (κ2) is 13.7. The number of halogens is 1. The minimum Gasteiger partial charge on any atom is -0.460 e. The number of carbonyl (C=O) groups is 1. The number of hydrogen-bond donors (Lipinski definition) is 0. The van der Waals surface area contributed by atoms with Crippen LogP contribution in [0, 0.1) is 0 Å². The van der Waals surface area contributed by atoms with E-state index in [0.29, 0.717) is 19.6 Å². The smallest absolute Gasteiger partial charge is 0.308 e. The van der Waals surface area contributed by atoms with E-state index >= 15 is 0 Å². The zero-order valence-electron chi connectivity index (χ0n) is 14.9. The summed E-state index contributed by atoms with van der Waals surface area (Å²) >= 11 is 4.64. The SMILES string of the molecule is CC.CC(C)(C)OC(=O)CCOCC[N+](C)(C)C.CCl. The van der Waals surface area contributed by atoms with Gasteiger partial charge in [0.15, 0.2) is 0 Å². The molecule has 0 aromatic heterocycles. The first-order valence-corrected chi connectivity index (χ1v) is 7.84. The van der Waals surface area contributed by atoms with Crippen LogP contribution >= 0.6 is 11.6 Å². The van der Waals surface area contributed by atoms with Gasteiger partial charge in [0.1, 0.15) is 12.1 Å². The topological polar surface area (TPSA) is 35.5 Å². The molecular weight excluding hydrogens is 278 g/mol. The predicted molar refractivity (Wildman–Crippen MR) is 87.3 cm³/mol. The van der Waals surface area contributed by atoms with Crippen LogP contribution < -0.4 is 0 Å². The van der Waals surface area contributed by atoms with Crippen LogP contribution in [0.5, 0.6) is 0 Å². The molecule has 0 aromatic rings. The van der Waals surface area contributed by atoms with Crippen LogP contribution in [-0.2, 0) is 14.3 Å². The summed E-state index contributed by atoms with van der Waals surface area (Å²) in [5.41, 5.74) is -0.403. The van der Waals surface area contributed by atoms with E-state index in [0.717, 1.165) is 11.0 Å². The summed E-state index contributed by atoms with van der Waals surface area (Å²) in [5.74, 6) is -0.197. The number of rotatable bonds is 6. The van der Waals surface area contributed by atoms with Crippen LogP contribution in [0.2, 0.25) is 0 Å². The van der Waals surface area contributed by atoms with E-state index in [4.69, 9.17) is 9.47 Å². The molecule has 5 heteroatoms. The van der Waals surface area contributed by atoms with Gasteiger partial charge in [0, 0.05) is 6.38 Å². The van der Waals surface area contributed by atoms with Crippen molar-refractivity contribution in [2.75, 3.05) is 47.3 Å². The minimum absolute atomic E-state index is 0.197. The summed E-state index contributed by atoms with van der Waals surface area (Å²) in [4.78, 5) is 11.3. The van der Waals surface area contributed by atoms with E-state index < -0.39 is 5.60 Å². The lowest BCUT2D eigenvalue weighted by Crippen LogP contribution is -2.37. The van der Waals surface area contributed by atoms with Gasteiger partial charge in [0.2, 0.25) is 0 Å². The molecule has 0 saturated heterocycles. The number of nitrogens with zero attached hydrogens (tertiary/aromatic N) is 1. The molecule has 0 unspecified atom stereocenters. The highest BCUT2D eigenvalue weighted by molar-refractivity contribution is 6.15. The van der Waals surface area contributed by atoms with Crippen LogP contribution in [-0.4, -0.2) is 63.3 Å². The van der Waals surface area contributed by atoms with Crippen molar-refractivity contribution in [3.05, 3.63) is 0 Å². The number of ether oxygens (including phenoxy) is 2. The molecule has 0 bridgehead atoms. The number of likely N-dealkylation sites (N-methyl/N-ethyl adjacent to an activating group) is 1. The summed E-state index contributed by atoms with van der Waals surface area (Å²) in [6.45, 7) is 11.6. The molecule has 0 aliphatic carbocycles. The molecular formula is C15H35ClNO3+. The Hall–Kier alpha value is -0.320. The molecule has 0 radical (unpaired) electrons. The van der Waals surface area contributed by atoms with Crippen molar-refractivity contribution in [3.8, 4) is 0 Å². The Balaban J connectivity index is -0.000000656. The summed E-state index contributed by atoms with van der Waals surface area (Å²) in [5, 5.41) is 0. The van der Waals surface area contributed by atoms with Gasteiger partial charge in [0.25, 0.3) is 0 Å². The van der Waals surface area contributed by atoms with Gasteiger partial charge in [-0.05, 0) is 20.8 Å². The molecule has 124 valence electrons. The third-order valence-corrected chi connectivity index (χ3v) is 1.78. The standard InChI is InChI=1S/C12H26NO3.C2H6.CH3Cl/c1-12(2,3)16-11(14)7-9-15-10-8-13(4,5)6;2*1-2/h7-10H2,1-6H3;1-2H3;1H3/q+1;;. The largest absolute Gasteiger partial charge is 0.460 e. The Kier molecular flexibility index (Phi) is 16.8. The second-order valence-electron chi connectivity index (χ2n) is 5.96. The molecule has 0 aromatic carbocycles. The Labute approximate surface area is 131 Å². The van der Waals surface area contributed by atoms with E-state index in [1.54, 1.807) is 0 Å². The Morgan fingerprint density at radius 1 is 1.05 bits per heavy atom. The molecule has 0 amide bonds. The molecule has 0 fully saturated rings. The monoisotopic (exact) mass is 312 g/mol. The highest BCUT2D eigenvalue weighted by Crippen LogP contribution is 2.08. The van der Waals surface area contributed by atoms with Crippen LogP contribution in [0.25, 0.3) is 0 Å². The van der Waals surface area contributed by atoms with Crippen molar-refractivity contribution in [2.24, 2.45) is 0 Å². The number of hydrogen-bond acceptors (Lipinski definition) is 3. The van der Waals surface area contributed by atoms with Crippen LogP contribution in [0.1, 0.15) is 41.0 Å². The molecule has 0 atom stereocenters. The van der Waals surface area contributed by atoms with Gasteiger partial charge >= 0.3 is 5.97 Å². The Morgan fingerprint density at radius 3 is 1.85 bits per heavy atom. The molecule has 4 nitrogen and oxygen atoms in total. The van der Waals surface area contributed by atoms with Gasteiger partial charge in [0.05, 0.1) is 40.8 Å². The molecule has 0 aliphatic heterocycles. The van der Waals surface area contributed by atoms with Gasteiger partial charge in [-0.3, -0.25) is 4.79 Å². The van der Waals surface area contributed by atoms with E-state index in [1.807, 2.05) is 34.6 Å². The summed E-state index contributed by atoms with van der Waals surface area (Å²) < 4.78 is 11.4. The highest BCUT2D eigenvalue weighted by atomic mass is 35.5. The zero-order chi connectivity index (χ0) is 16.8. The quantitative estimate of drug-likeness (QED) is 0.327. The molecule has 0 rings (SSSR count). The fourth-order valence-electron chi connectivity index (χ4n) is 0.989. The average molecular weight is 313 g/mol. The first kappa shape index (κ1) is 24.7. The normalized spacial score (nSPS) is 10.7. The van der Waals surface area contributed by atoms with Gasteiger partial charge in [-0.15, -0.1) is 11.6 Å². The number of carbonyl (C=O) groups excluding carboxylic acids is 1. The van der Waals surface area contributed by atoms with Crippen LogP contribution in [0.3, 0.4) is 0 Å². The molecule has 0 heterocycles. The van der Waals surface area contributed by atoms with E-state index in [-0.39, 0.29) is 5.97 Å². The van der Waals surface area contributed by atoms with E-state index in [2.05, 4.69) is 32.7 Å². The predicted octanol–water partition coefficient (Wildman–Crippen LogP) is 3.32. The van der Waals surface area contributed by atoms with Crippen molar-refractivity contribution in [3.63, 3.8) is 0 Å². The van der Waals surface area contributed by atoms with E-state index in [1.165, 1.54) is 6.38 Å². The van der Waals surface area contributed by atoms with Crippen molar-refractivity contribution in [1.29, 1.82) is 0 Å². The highest BCUT2D eigenvalue weighted by Gasteiger charge is 2.15. The zero-order valence-corrected chi connectivity index (χ0v) is 15.6. The third kappa shape index (κ3) is 26.3. The summed E-state index contributed by atoms with van der Waals surface area (Å²) in [6, 6.07) is 0. The molecule has 20 heavy (non-hydrogen) atoms. The van der Waals surface area contributed by atoms with Gasteiger partial charge in [-0.2, -0.15) is 0 Å². The number of alkyl halides is 1. The van der Waals surface area contributed by atoms with E-state index in [9.17, 15) is 4.79 Å². The maximum Gasteiger partial charge on any atom is 0.308 e. The molecule has 0 aliphatic rings. The fraction of sp³-hybridized carbons (Fsp3) is 0.933. The Bertz CT molecular complexity index is 220. The first-order valence-electron chi connectivity index (χ1n) is 7.08. The Morgan fingerprint density at radius 2 is 1.50 bits per heavy atom. The van der Waals surface area contributed by atoms with Gasteiger partial charge < -0.3 is 14.0 Å². The third-order valence-electron chi connectivity index (χ3n) is 1.78. The fourth-order valence-corrected chi connectivity index (χ4v) is 0.989. The maximum absolute atomic E-state index is 11.3. The first-order chi connectivity index (χ1) is 9.10. The van der Waals surface area contributed by atoms with Crippen molar-refractivity contribution in [2.45, 2.75) is 46.6 Å². The lowest BCUT2D eigenvalue weighted by molar-refractivity contribution is -0.870. The molecule has 0 saturated carbocycles. The number of esters is 1. The average Bonchev–Trinajstić information content (AvgIpc) is 2.30. The van der Waals surface area contributed by atoms with Crippen LogP contribution in [0.4, 0.5) is 0 Å². The van der Waals surface area contributed by atoms with Crippen molar-refractivity contribution in [1.82, 2.24) is 0 Å². The lowest BCUT2D eigenvalue weighted by atomic mass is 10.2. The molecule has 0 spiro atoms. The van der Waals surface area contributed by atoms with Gasteiger partial charge in [-0.1, -0.05) is 13.8 Å². The van der Waals surface area contributed by atoms with Crippen molar-refractivity contribution >= 4 is 17.6 Å². The van der Waals surface area contributed by atoms with Crippen molar-refractivity contribution < 1.29 is 18.8 Å². The number of quaternary nitrogens is 1.